The number of fused-ring (bicyclic) bond motifs is 1. The molecule has 5 rings (SSSR count). The van der Waals surface area contributed by atoms with Crippen molar-refractivity contribution in [1.29, 1.82) is 0 Å². The number of hydrogen-bond acceptors (Lipinski definition) is 4. The van der Waals surface area contributed by atoms with Gasteiger partial charge < -0.3 is 15.5 Å². The van der Waals surface area contributed by atoms with Crippen molar-refractivity contribution in [2.75, 3.05) is 0 Å². The molecule has 1 aliphatic carbocycles. The molecule has 4 aromatic rings. The van der Waals surface area contributed by atoms with Crippen LogP contribution in [0.15, 0.2) is 36.8 Å². The lowest BCUT2D eigenvalue weighted by Crippen LogP contribution is -2.29. The lowest BCUT2D eigenvalue weighted by Gasteiger charge is -2.27. The number of primary amides is 1. The molecule has 38 heavy (non-hydrogen) atoms. The predicted molar refractivity (Wildman–Crippen MR) is 138 cm³/mol. The maximum absolute atomic E-state index is 14.3. The zero-order chi connectivity index (χ0) is 27.1. The maximum atomic E-state index is 14.3. The molecule has 0 spiro atoms. The van der Waals surface area contributed by atoms with E-state index in [0.29, 0.717) is 11.2 Å². The summed E-state index contributed by atoms with van der Waals surface area (Å²) in [6.45, 7) is 0.664. The van der Waals surface area contributed by atoms with E-state index < -0.39 is 18.3 Å². The second kappa shape index (κ2) is 10.3. The summed E-state index contributed by atoms with van der Waals surface area (Å²) >= 11 is 6.23. The van der Waals surface area contributed by atoms with Gasteiger partial charge in [-0.3, -0.25) is 9.48 Å². The number of ether oxygens (including phenoxy) is 1. The molecule has 1 aliphatic rings. The molecule has 3 N–H and O–H groups in total. The summed E-state index contributed by atoms with van der Waals surface area (Å²) in [5, 5.41) is 5.11. The largest absolute Gasteiger partial charge is 0.434 e. The Balaban J connectivity index is 1.49. The standard InChI is InChI=1S/C27H27ClF3N5O2/c1-13(23-22(38-27(30)31)8-7-21(29)24(23)28)19-11-34-26-18(19)9-16(10-33-26)20-12-35-36(14(20)2)17-5-3-15(4-6-17)25(32)37/h7-13,15,17,27H,3-6H2,1-2H3,(H2,32,37)(H,33,34). The Morgan fingerprint density at radius 2 is 1.97 bits per heavy atom. The molecule has 1 atom stereocenters. The molecular formula is C27H27ClF3N5O2. The zero-order valence-electron chi connectivity index (χ0n) is 20.8. The second-order valence-electron chi connectivity index (χ2n) is 9.73. The minimum absolute atomic E-state index is 0.0830. The molecule has 200 valence electrons. The van der Waals surface area contributed by atoms with Crippen molar-refractivity contribution in [3.8, 4) is 16.9 Å². The van der Waals surface area contributed by atoms with Gasteiger partial charge in [-0.15, -0.1) is 0 Å². The van der Waals surface area contributed by atoms with E-state index in [2.05, 4.69) is 19.8 Å². The van der Waals surface area contributed by atoms with Gasteiger partial charge in [0.25, 0.3) is 0 Å². The second-order valence-corrected chi connectivity index (χ2v) is 10.1. The van der Waals surface area contributed by atoms with Crippen molar-refractivity contribution < 1.29 is 22.7 Å². The van der Waals surface area contributed by atoms with Gasteiger partial charge in [0.1, 0.15) is 17.2 Å². The Kier molecular flexibility index (Phi) is 7.09. The molecule has 0 radical (unpaired) electrons. The van der Waals surface area contributed by atoms with Crippen molar-refractivity contribution >= 4 is 28.5 Å². The third-order valence-electron chi connectivity index (χ3n) is 7.57. The molecule has 1 saturated carbocycles. The van der Waals surface area contributed by atoms with Crippen LogP contribution in [0.25, 0.3) is 22.2 Å². The van der Waals surface area contributed by atoms with E-state index in [1.807, 2.05) is 17.7 Å². The molecule has 1 aromatic carbocycles. The van der Waals surface area contributed by atoms with Crippen molar-refractivity contribution in [3.05, 3.63) is 64.5 Å². The van der Waals surface area contributed by atoms with Gasteiger partial charge >= 0.3 is 6.61 Å². The highest BCUT2D eigenvalue weighted by Gasteiger charge is 2.28. The number of aromatic amines is 1. The summed E-state index contributed by atoms with van der Waals surface area (Å²) < 4.78 is 47.1. The topological polar surface area (TPSA) is 98.8 Å². The monoisotopic (exact) mass is 545 g/mol. The van der Waals surface area contributed by atoms with Gasteiger partial charge in [-0.2, -0.15) is 13.9 Å². The highest BCUT2D eigenvalue weighted by atomic mass is 35.5. The van der Waals surface area contributed by atoms with E-state index in [1.54, 1.807) is 25.5 Å². The number of rotatable bonds is 7. The lowest BCUT2D eigenvalue weighted by atomic mass is 9.85. The average Bonchev–Trinajstić information content (AvgIpc) is 3.49. The molecular weight excluding hydrogens is 519 g/mol. The summed E-state index contributed by atoms with van der Waals surface area (Å²) in [6.07, 6.45) is 8.39. The Morgan fingerprint density at radius 3 is 2.66 bits per heavy atom. The van der Waals surface area contributed by atoms with E-state index in [-0.39, 0.29) is 34.2 Å². The first-order valence-corrected chi connectivity index (χ1v) is 12.8. The Morgan fingerprint density at radius 1 is 1.24 bits per heavy atom. The number of pyridine rings is 1. The van der Waals surface area contributed by atoms with E-state index in [0.717, 1.165) is 60.0 Å². The quantitative estimate of drug-likeness (QED) is 0.277. The number of benzene rings is 1. The molecule has 1 amide bonds. The Labute approximate surface area is 222 Å². The van der Waals surface area contributed by atoms with Gasteiger partial charge in [0.05, 0.1) is 17.3 Å². The number of carbonyl (C=O) groups is 1. The first kappa shape index (κ1) is 26.1. The number of carbonyl (C=O) groups excluding carboxylic acids is 1. The number of nitrogens with zero attached hydrogens (tertiary/aromatic N) is 3. The van der Waals surface area contributed by atoms with E-state index in [1.165, 1.54) is 0 Å². The zero-order valence-corrected chi connectivity index (χ0v) is 21.6. The summed E-state index contributed by atoms with van der Waals surface area (Å²) in [6, 6.07) is 4.30. The van der Waals surface area contributed by atoms with Crippen LogP contribution in [0.5, 0.6) is 5.75 Å². The number of aromatic nitrogens is 4. The van der Waals surface area contributed by atoms with E-state index >= 15 is 0 Å². The van der Waals surface area contributed by atoms with E-state index in [4.69, 9.17) is 17.3 Å². The smallest absolute Gasteiger partial charge is 0.387 e. The summed E-state index contributed by atoms with van der Waals surface area (Å²) in [5.41, 5.74) is 9.61. The van der Waals surface area contributed by atoms with Gasteiger partial charge in [-0.1, -0.05) is 18.5 Å². The van der Waals surface area contributed by atoms with Crippen molar-refractivity contribution in [1.82, 2.24) is 19.7 Å². The molecule has 1 unspecified atom stereocenters. The number of nitrogens with one attached hydrogen (secondary N) is 1. The van der Waals surface area contributed by atoms with Gasteiger partial charge in [-0.25, -0.2) is 9.37 Å². The highest BCUT2D eigenvalue weighted by molar-refractivity contribution is 6.31. The maximum Gasteiger partial charge on any atom is 0.387 e. The molecule has 0 saturated heterocycles. The van der Waals surface area contributed by atoms with Crippen LogP contribution >= 0.6 is 11.6 Å². The third-order valence-corrected chi connectivity index (χ3v) is 7.96. The fraction of sp³-hybridized carbons (Fsp3) is 0.370. The number of nitrogens with two attached hydrogens (primary N) is 1. The van der Waals surface area contributed by atoms with Crippen LogP contribution in [0.2, 0.25) is 5.02 Å². The first-order valence-electron chi connectivity index (χ1n) is 12.4. The summed E-state index contributed by atoms with van der Waals surface area (Å²) in [5.74, 6) is -1.81. The fourth-order valence-electron chi connectivity index (χ4n) is 5.52. The Hall–Kier alpha value is -3.53. The minimum Gasteiger partial charge on any atom is -0.434 e. The van der Waals surface area contributed by atoms with Crippen LogP contribution in [0.4, 0.5) is 13.2 Å². The summed E-state index contributed by atoms with van der Waals surface area (Å²) in [4.78, 5) is 19.2. The summed E-state index contributed by atoms with van der Waals surface area (Å²) in [7, 11) is 0. The fourth-order valence-corrected chi connectivity index (χ4v) is 5.84. The molecule has 11 heteroatoms. The molecule has 0 bridgehead atoms. The molecule has 7 nitrogen and oxygen atoms in total. The third kappa shape index (κ3) is 4.73. The van der Waals surface area contributed by atoms with Gasteiger partial charge in [0, 0.05) is 52.0 Å². The first-order chi connectivity index (χ1) is 18.2. The van der Waals surface area contributed by atoms with Gasteiger partial charge in [-0.05, 0) is 56.4 Å². The number of amides is 1. The van der Waals surface area contributed by atoms with Crippen molar-refractivity contribution in [3.63, 3.8) is 0 Å². The van der Waals surface area contributed by atoms with Crippen LogP contribution in [0, 0.1) is 18.7 Å². The van der Waals surface area contributed by atoms with Crippen LogP contribution < -0.4 is 10.5 Å². The molecule has 3 aromatic heterocycles. The number of hydrogen-bond donors (Lipinski definition) is 2. The van der Waals surface area contributed by atoms with E-state index in [9.17, 15) is 18.0 Å². The minimum atomic E-state index is -3.08. The van der Waals surface area contributed by atoms with Crippen molar-refractivity contribution in [2.24, 2.45) is 11.7 Å². The SMILES string of the molecule is Cc1c(-c2cnc3[nH]cc(C(C)c4c(OC(F)F)ccc(F)c4Cl)c3c2)cnn1C1CCC(C(N)=O)CC1. The lowest BCUT2D eigenvalue weighted by molar-refractivity contribution is -0.122. The van der Waals surface area contributed by atoms with Crippen molar-refractivity contribution in [2.45, 2.75) is 58.1 Å². The van der Waals surface area contributed by atoms with Crippen LogP contribution in [0.3, 0.4) is 0 Å². The number of alkyl halides is 2. The molecule has 1 fully saturated rings. The molecule has 3 heterocycles. The highest BCUT2D eigenvalue weighted by Crippen LogP contribution is 2.42. The average molecular weight is 546 g/mol. The number of H-pyrrole nitrogens is 1. The Bertz CT molecular complexity index is 1490. The number of halogens is 4. The molecule has 0 aliphatic heterocycles. The van der Waals surface area contributed by atoms with Crippen LogP contribution in [0.1, 0.15) is 61.4 Å². The normalized spacial score (nSPS) is 18.7. The van der Waals surface area contributed by atoms with Crippen LogP contribution in [-0.2, 0) is 4.79 Å². The predicted octanol–water partition coefficient (Wildman–Crippen LogP) is 6.50. The van der Waals surface area contributed by atoms with Gasteiger partial charge in [0.15, 0.2) is 0 Å². The van der Waals surface area contributed by atoms with Crippen LogP contribution in [-0.4, -0.2) is 32.3 Å². The van der Waals surface area contributed by atoms with Gasteiger partial charge in [0.2, 0.25) is 5.91 Å².